The van der Waals surface area contributed by atoms with Crippen molar-refractivity contribution in [1.82, 2.24) is 0 Å². The second kappa shape index (κ2) is 5.61. The zero-order chi connectivity index (χ0) is 12.4. The van der Waals surface area contributed by atoms with E-state index in [9.17, 15) is 14.4 Å². The molecule has 5 heteroatoms. The van der Waals surface area contributed by atoms with Gasteiger partial charge >= 0.3 is 5.97 Å². The number of ketones is 2. The third-order valence-corrected chi connectivity index (χ3v) is 2.39. The molecule has 0 rings (SSSR count). The minimum absolute atomic E-state index is 0. The molecule has 0 aliphatic rings. The number of Topliss-reactive ketones (excluding diaryl/α,β-unsaturated/α-hetero) is 2. The van der Waals surface area contributed by atoms with Gasteiger partial charge in [-0.1, -0.05) is 20.8 Å². The molecular weight excluding hydrogens is 248 g/mol. The molecule has 1 N–H and O–H groups in total. The smallest absolute Gasteiger partial charge is 0.316 e. The minimum atomic E-state index is -1.49. The van der Waals surface area contributed by atoms with Gasteiger partial charge in [-0.05, 0) is 13.8 Å². The number of carboxylic acids is 1. The first-order valence-corrected chi connectivity index (χ1v) is 4.79. The number of hydrogen-bond donors (Lipinski definition) is 1. The zero-order valence-electron chi connectivity index (χ0n) is 10.3. The Kier molecular flexibility index (Phi) is 6.21. The van der Waals surface area contributed by atoms with Crippen molar-refractivity contribution in [3.05, 3.63) is 0 Å². The van der Waals surface area contributed by atoms with Crippen LogP contribution in [-0.2, 0) is 31.7 Å². The fourth-order valence-electron chi connectivity index (χ4n) is 0.751. The molecule has 0 amide bonds. The van der Waals surface area contributed by atoms with E-state index in [2.05, 4.69) is 0 Å². The molecule has 0 fully saturated rings. The molecule has 0 atom stereocenters. The average molecular weight is 266 g/mol. The van der Waals surface area contributed by atoms with Crippen LogP contribution < -0.4 is 0 Å². The Balaban J connectivity index is 0. The molecule has 16 heavy (non-hydrogen) atoms. The van der Waals surface area contributed by atoms with Gasteiger partial charge in [0.05, 0.1) is 6.42 Å². The molecule has 0 spiro atoms. The van der Waals surface area contributed by atoms with Gasteiger partial charge in [-0.15, -0.1) is 0 Å². The van der Waals surface area contributed by atoms with Gasteiger partial charge in [0.25, 0.3) is 0 Å². The number of rotatable bonds is 4. The first-order chi connectivity index (χ1) is 6.49. The van der Waals surface area contributed by atoms with Crippen molar-refractivity contribution in [2.75, 3.05) is 0 Å². The summed E-state index contributed by atoms with van der Waals surface area (Å²) in [6.45, 7) is 7.74. The van der Waals surface area contributed by atoms with Gasteiger partial charge in [-0.3, -0.25) is 14.4 Å². The second-order valence-corrected chi connectivity index (χ2v) is 5.20. The van der Waals surface area contributed by atoms with Gasteiger partial charge in [-0.25, -0.2) is 0 Å². The summed E-state index contributed by atoms with van der Waals surface area (Å²) in [5.41, 5.74) is -2.09. The molecule has 0 saturated carbocycles. The molecule has 0 aromatic carbocycles. The van der Waals surface area contributed by atoms with Crippen LogP contribution in [0.25, 0.3) is 0 Å². The predicted octanol–water partition coefficient (Wildman–Crippen LogP) is 1.67. The van der Waals surface area contributed by atoms with E-state index in [4.69, 9.17) is 5.11 Å². The first kappa shape index (κ1) is 17.7. The fourth-order valence-corrected chi connectivity index (χ4v) is 0.751. The van der Waals surface area contributed by atoms with Crippen LogP contribution in [0.2, 0.25) is 0 Å². The fraction of sp³-hybridized carbons (Fsp3) is 0.727. The normalized spacial score (nSPS) is 11.6. The molecule has 0 unspecified atom stereocenters. The second-order valence-electron chi connectivity index (χ2n) is 5.20. The van der Waals surface area contributed by atoms with Gasteiger partial charge in [-0.2, -0.15) is 0 Å². The van der Waals surface area contributed by atoms with Gasteiger partial charge in [0.1, 0.15) is 11.2 Å². The summed E-state index contributed by atoms with van der Waals surface area (Å²) < 4.78 is 0. The third kappa shape index (κ3) is 4.46. The molecule has 0 heterocycles. The summed E-state index contributed by atoms with van der Waals surface area (Å²) in [6.07, 6.45) is -0.317. The molecular formula is C11H18CrO4. The molecule has 0 bridgehead atoms. The molecule has 4 nitrogen and oxygen atoms in total. The summed E-state index contributed by atoms with van der Waals surface area (Å²) in [4.78, 5) is 33.9. The van der Waals surface area contributed by atoms with Crippen molar-refractivity contribution in [3.8, 4) is 0 Å². The largest absolute Gasteiger partial charge is 0.481 e. The number of carbonyl (C=O) groups is 3. The predicted molar refractivity (Wildman–Crippen MR) is 55.5 cm³/mol. The Morgan fingerprint density at radius 2 is 1.31 bits per heavy atom. The van der Waals surface area contributed by atoms with Crippen LogP contribution in [0.4, 0.5) is 0 Å². The molecule has 92 valence electrons. The number of hydrogen-bond acceptors (Lipinski definition) is 3. The van der Waals surface area contributed by atoms with Crippen LogP contribution in [0, 0.1) is 10.8 Å². The monoisotopic (exact) mass is 266 g/mol. The van der Waals surface area contributed by atoms with E-state index in [1.807, 2.05) is 0 Å². The van der Waals surface area contributed by atoms with Crippen molar-refractivity contribution in [1.29, 1.82) is 0 Å². The standard InChI is InChI=1S/C11H18O4.Cr/c1-10(2,3)7(12)6-8(13)11(4,5)9(14)15;/h6H2,1-5H3,(H,14,15);. The van der Waals surface area contributed by atoms with Crippen molar-refractivity contribution < 1.29 is 36.9 Å². The quantitative estimate of drug-likeness (QED) is 0.786. The molecule has 0 aromatic rings. The molecule has 0 saturated heterocycles. The molecule has 0 aliphatic heterocycles. The molecule has 0 aliphatic carbocycles. The van der Waals surface area contributed by atoms with Crippen LogP contribution in [0.1, 0.15) is 41.0 Å². The van der Waals surface area contributed by atoms with E-state index < -0.39 is 22.6 Å². The van der Waals surface area contributed by atoms with Crippen LogP contribution in [-0.4, -0.2) is 22.6 Å². The van der Waals surface area contributed by atoms with Crippen LogP contribution in [0.15, 0.2) is 0 Å². The van der Waals surface area contributed by atoms with E-state index >= 15 is 0 Å². The minimum Gasteiger partial charge on any atom is -0.481 e. The maximum Gasteiger partial charge on any atom is 0.316 e. The van der Waals surface area contributed by atoms with Gasteiger partial charge in [0.2, 0.25) is 0 Å². The summed E-state index contributed by atoms with van der Waals surface area (Å²) in [5, 5.41) is 8.80. The average Bonchev–Trinajstić information content (AvgIpc) is 2.01. The Labute approximate surface area is 107 Å². The summed E-state index contributed by atoms with van der Waals surface area (Å²) in [7, 11) is 0. The number of carboxylic acid groups (broad SMARTS) is 1. The van der Waals surface area contributed by atoms with E-state index in [1.165, 1.54) is 13.8 Å². The molecule has 0 aromatic heterocycles. The van der Waals surface area contributed by atoms with Gasteiger partial charge < -0.3 is 5.11 Å². The summed E-state index contributed by atoms with van der Waals surface area (Å²) >= 11 is 0. The van der Waals surface area contributed by atoms with E-state index in [1.54, 1.807) is 20.8 Å². The number of carbonyl (C=O) groups excluding carboxylic acids is 2. The van der Waals surface area contributed by atoms with Crippen molar-refractivity contribution >= 4 is 17.5 Å². The van der Waals surface area contributed by atoms with Gasteiger partial charge in [0.15, 0.2) is 5.78 Å². The first-order valence-electron chi connectivity index (χ1n) is 4.79. The van der Waals surface area contributed by atoms with Crippen LogP contribution in [0.5, 0.6) is 0 Å². The summed E-state index contributed by atoms with van der Waals surface area (Å²) in [5.74, 6) is -1.98. The number of aliphatic carboxylic acids is 1. The third-order valence-electron chi connectivity index (χ3n) is 2.39. The van der Waals surface area contributed by atoms with Gasteiger partial charge in [0, 0.05) is 22.8 Å². The van der Waals surface area contributed by atoms with Crippen molar-refractivity contribution in [2.45, 2.75) is 41.0 Å². The SMILES string of the molecule is CC(C)(C)C(=O)CC(=O)C(C)(C)C(=O)O.[Cr]. The maximum absolute atomic E-state index is 11.6. The van der Waals surface area contributed by atoms with E-state index in [0.717, 1.165) is 0 Å². The Hall–Kier alpha value is -0.658. The van der Waals surface area contributed by atoms with E-state index in [-0.39, 0.29) is 29.6 Å². The molecule has 0 radical (unpaired) electrons. The van der Waals surface area contributed by atoms with Crippen LogP contribution in [0.3, 0.4) is 0 Å². The van der Waals surface area contributed by atoms with E-state index in [0.29, 0.717) is 0 Å². The Morgan fingerprint density at radius 3 is 1.56 bits per heavy atom. The van der Waals surface area contributed by atoms with Crippen LogP contribution >= 0.6 is 0 Å². The maximum atomic E-state index is 11.6. The Morgan fingerprint density at radius 1 is 0.938 bits per heavy atom. The Bertz CT molecular complexity index is 300. The topological polar surface area (TPSA) is 71.4 Å². The zero-order valence-corrected chi connectivity index (χ0v) is 11.6. The summed E-state index contributed by atoms with van der Waals surface area (Å²) in [6, 6.07) is 0. The van der Waals surface area contributed by atoms with Crippen molar-refractivity contribution in [3.63, 3.8) is 0 Å². The van der Waals surface area contributed by atoms with Crippen molar-refractivity contribution in [2.24, 2.45) is 10.8 Å².